The molecule has 2 heterocycles. The van der Waals surface area contributed by atoms with Crippen molar-refractivity contribution in [1.82, 2.24) is 9.88 Å². The van der Waals surface area contributed by atoms with Gasteiger partial charge < -0.3 is 9.64 Å². The van der Waals surface area contributed by atoms with Crippen LogP contribution in [-0.2, 0) is 11.3 Å². The Labute approximate surface area is 138 Å². The highest BCUT2D eigenvalue weighted by Gasteiger charge is 2.19. The molecule has 2 rings (SSSR count). The summed E-state index contributed by atoms with van der Waals surface area (Å²) in [4.78, 5) is 29.4. The van der Waals surface area contributed by atoms with E-state index in [4.69, 9.17) is 4.74 Å². The molecule has 0 spiro atoms. The molecule has 0 saturated carbocycles. The van der Waals surface area contributed by atoms with Crippen molar-refractivity contribution in [2.75, 3.05) is 13.7 Å². The number of carbonyl (C=O) groups excluding carboxylic acids is 2. The lowest BCUT2D eigenvalue weighted by Gasteiger charge is -2.14. The Kier molecular flexibility index (Phi) is 5.49. The van der Waals surface area contributed by atoms with E-state index in [2.05, 4.69) is 20.9 Å². The zero-order valence-electron chi connectivity index (χ0n) is 11.5. The molecule has 0 radical (unpaired) electrons. The Hall–Kier alpha value is -1.25. The Morgan fingerprint density at radius 3 is 2.76 bits per heavy atom. The van der Waals surface area contributed by atoms with E-state index < -0.39 is 5.97 Å². The lowest BCUT2D eigenvalue weighted by Crippen LogP contribution is -2.26. The molecule has 0 aliphatic heterocycles. The number of ether oxygens (including phenoxy) is 1. The molecule has 0 saturated heterocycles. The lowest BCUT2D eigenvalue weighted by molar-refractivity contribution is 0.0526. The monoisotopic (exact) mass is 388 g/mol. The van der Waals surface area contributed by atoms with Crippen LogP contribution in [0, 0.1) is 0 Å². The molecule has 0 aliphatic carbocycles. The number of esters is 1. The maximum atomic E-state index is 12.3. The van der Waals surface area contributed by atoms with E-state index in [0.717, 1.165) is 20.7 Å². The smallest absolute Gasteiger partial charge is 0.367 e. The summed E-state index contributed by atoms with van der Waals surface area (Å²) in [6, 6.07) is 1.97. The minimum atomic E-state index is -0.494. The molecule has 0 aromatic carbocycles. The normalized spacial score (nSPS) is 10.4. The predicted octanol–water partition coefficient (Wildman–Crippen LogP) is 3.42. The number of hydrogen-bond acceptors (Lipinski definition) is 6. The van der Waals surface area contributed by atoms with Crippen molar-refractivity contribution < 1.29 is 14.3 Å². The number of rotatable bonds is 5. The van der Waals surface area contributed by atoms with Crippen LogP contribution in [0.25, 0.3) is 0 Å². The molecular weight excluding hydrogens is 376 g/mol. The number of nitrogens with zero attached hydrogens (tertiary/aromatic N) is 2. The molecular formula is C13H13BrN2O3S2. The van der Waals surface area contributed by atoms with Crippen LogP contribution in [0.15, 0.2) is 20.6 Å². The first-order chi connectivity index (χ1) is 10.0. The Balaban J connectivity index is 2.04. The van der Waals surface area contributed by atoms with E-state index in [1.807, 2.05) is 11.4 Å². The van der Waals surface area contributed by atoms with Crippen LogP contribution < -0.4 is 0 Å². The number of halogens is 1. The van der Waals surface area contributed by atoms with Crippen LogP contribution in [0.2, 0.25) is 0 Å². The van der Waals surface area contributed by atoms with Gasteiger partial charge in [0, 0.05) is 19.0 Å². The third kappa shape index (κ3) is 4.12. The van der Waals surface area contributed by atoms with Gasteiger partial charge in [0.25, 0.3) is 5.91 Å². The van der Waals surface area contributed by atoms with Crippen molar-refractivity contribution in [2.45, 2.75) is 13.5 Å². The average molecular weight is 389 g/mol. The molecule has 0 unspecified atom stereocenters. The second-order valence-electron chi connectivity index (χ2n) is 4.18. The van der Waals surface area contributed by atoms with Gasteiger partial charge in [-0.15, -0.1) is 22.7 Å². The highest BCUT2D eigenvalue weighted by molar-refractivity contribution is 9.11. The second-order valence-corrected chi connectivity index (χ2v) is 7.33. The maximum Gasteiger partial charge on any atom is 0.367 e. The molecule has 0 atom stereocenters. The molecule has 0 N–H and O–H groups in total. The van der Waals surface area contributed by atoms with E-state index in [1.54, 1.807) is 35.6 Å². The zero-order chi connectivity index (χ0) is 15.4. The van der Waals surface area contributed by atoms with Gasteiger partial charge in [0.05, 0.1) is 10.4 Å². The summed E-state index contributed by atoms with van der Waals surface area (Å²) < 4.78 is 5.88. The standard InChI is InChI=1S/C13H13BrN2O3S2/c1-3-19-13(18)11-15-9(7-21-11)12(17)16(2)5-8-4-10(14)20-6-8/h4,6-7H,3,5H2,1-2H3. The first kappa shape index (κ1) is 16.1. The summed E-state index contributed by atoms with van der Waals surface area (Å²) >= 11 is 6.08. The number of aromatic nitrogens is 1. The molecule has 1 amide bonds. The van der Waals surface area contributed by atoms with Crippen molar-refractivity contribution >= 4 is 50.5 Å². The van der Waals surface area contributed by atoms with Crippen LogP contribution in [0.5, 0.6) is 0 Å². The quantitative estimate of drug-likeness (QED) is 0.736. The van der Waals surface area contributed by atoms with Gasteiger partial charge in [0.2, 0.25) is 5.01 Å². The zero-order valence-corrected chi connectivity index (χ0v) is 14.7. The van der Waals surface area contributed by atoms with Crippen molar-refractivity contribution in [3.05, 3.63) is 36.9 Å². The minimum Gasteiger partial charge on any atom is -0.461 e. The molecule has 21 heavy (non-hydrogen) atoms. The molecule has 2 aromatic rings. The number of hydrogen-bond donors (Lipinski definition) is 0. The summed E-state index contributed by atoms with van der Waals surface area (Å²) in [5, 5.41) is 3.76. The van der Waals surface area contributed by atoms with Gasteiger partial charge in [-0.2, -0.15) is 0 Å². The number of carbonyl (C=O) groups is 2. The molecule has 0 fully saturated rings. The van der Waals surface area contributed by atoms with Crippen LogP contribution in [-0.4, -0.2) is 35.4 Å². The summed E-state index contributed by atoms with van der Waals surface area (Å²) in [6.07, 6.45) is 0. The van der Waals surface area contributed by atoms with E-state index in [9.17, 15) is 9.59 Å². The fourth-order valence-electron chi connectivity index (χ4n) is 1.63. The SMILES string of the molecule is CCOC(=O)c1nc(C(=O)N(C)Cc2csc(Br)c2)cs1. The number of thiazole rings is 1. The fraction of sp³-hybridized carbons (Fsp3) is 0.308. The summed E-state index contributed by atoms with van der Waals surface area (Å²) in [6.45, 7) is 2.51. The second kappa shape index (κ2) is 7.15. The van der Waals surface area contributed by atoms with Gasteiger partial charge in [0.1, 0.15) is 5.69 Å². The van der Waals surface area contributed by atoms with Gasteiger partial charge in [-0.05, 0) is 39.9 Å². The van der Waals surface area contributed by atoms with E-state index in [-0.39, 0.29) is 23.2 Å². The van der Waals surface area contributed by atoms with E-state index in [1.165, 1.54) is 0 Å². The van der Waals surface area contributed by atoms with Crippen molar-refractivity contribution in [2.24, 2.45) is 0 Å². The summed E-state index contributed by atoms with van der Waals surface area (Å²) in [5.41, 5.74) is 1.31. The highest BCUT2D eigenvalue weighted by Crippen LogP contribution is 2.22. The van der Waals surface area contributed by atoms with Crippen LogP contribution >= 0.6 is 38.6 Å². The number of amides is 1. The minimum absolute atomic E-state index is 0.201. The van der Waals surface area contributed by atoms with Gasteiger partial charge >= 0.3 is 5.97 Å². The largest absolute Gasteiger partial charge is 0.461 e. The summed E-state index contributed by atoms with van der Waals surface area (Å²) in [5.74, 6) is -0.713. The van der Waals surface area contributed by atoms with Crippen LogP contribution in [0.1, 0.15) is 32.8 Å². The maximum absolute atomic E-state index is 12.3. The van der Waals surface area contributed by atoms with Crippen LogP contribution in [0.3, 0.4) is 0 Å². The highest BCUT2D eigenvalue weighted by atomic mass is 79.9. The Morgan fingerprint density at radius 1 is 1.38 bits per heavy atom. The first-order valence-electron chi connectivity index (χ1n) is 6.12. The molecule has 8 heteroatoms. The molecule has 2 aromatic heterocycles. The molecule has 0 bridgehead atoms. The molecule has 5 nitrogen and oxygen atoms in total. The third-order valence-electron chi connectivity index (χ3n) is 2.56. The molecule has 112 valence electrons. The predicted molar refractivity (Wildman–Crippen MR) is 85.9 cm³/mol. The van der Waals surface area contributed by atoms with Crippen molar-refractivity contribution in [1.29, 1.82) is 0 Å². The third-order valence-corrected chi connectivity index (χ3v) is 4.94. The Bertz CT molecular complexity index is 653. The van der Waals surface area contributed by atoms with Gasteiger partial charge in [-0.3, -0.25) is 4.79 Å². The van der Waals surface area contributed by atoms with Gasteiger partial charge in [-0.25, -0.2) is 9.78 Å². The van der Waals surface area contributed by atoms with Gasteiger partial charge in [-0.1, -0.05) is 0 Å². The Morgan fingerprint density at radius 2 is 2.14 bits per heavy atom. The van der Waals surface area contributed by atoms with E-state index in [0.29, 0.717) is 6.54 Å². The van der Waals surface area contributed by atoms with Crippen molar-refractivity contribution in [3.63, 3.8) is 0 Å². The van der Waals surface area contributed by atoms with E-state index >= 15 is 0 Å². The lowest BCUT2D eigenvalue weighted by atomic mass is 10.3. The van der Waals surface area contributed by atoms with Gasteiger partial charge in [0.15, 0.2) is 0 Å². The van der Waals surface area contributed by atoms with Crippen LogP contribution in [0.4, 0.5) is 0 Å². The molecule has 0 aliphatic rings. The topological polar surface area (TPSA) is 59.5 Å². The number of thiophene rings is 1. The average Bonchev–Trinajstić information content (AvgIpc) is 3.07. The summed E-state index contributed by atoms with van der Waals surface area (Å²) in [7, 11) is 1.71. The fourth-order valence-corrected chi connectivity index (χ4v) is 3.51. The van der Waals surface area contributed by atoms with Crippen molar-refractivity contribution in [3.8, 4) is 0 Å². The first-order valence-corrected chi connectivity index (χ1v) is 8.67.